The Morgan fingerprint density at radius 2 is 1.65 bits per heavy atom. The highest BCUT2D eigenvalue weighted by molar-refractivity contribution is 5.92. The first-order valence-corrected chi connectivity index (χ1v) is 15.0. The van der Waals surface area contributed by atoms with Crippen molar-refractivity contribution < 1.29 is 9.90 Å². The van der Waals surface area contributed by atoms with Crippen LogP contribution in [0.4, 0.5) is 23.1 Å². The smallest absolute Gasteiger partial charge is 0.229 e. The van der Waals surface area contributed by atoms with Crippen LogP contribution in [0.15, 0.2) is 73.2 Å². The molecular formula is C34H35N7O2. The van der Waals surface area contributed by atoms with E-state index in [-0.39, 0.29) is 24.0 Å². The number of benzene rings is 1. The Kier molecular flexibility index (Phi) is 8.85. The SMILES string of the molecule is O=C(Nc1ccnc(C#Cc2ccc(Nc3ncc(-c4ccccn4)c(NC4CCC(O)CC4)n3)cc2)c1)C1CCCC1. The summed E-state index contributed by atoms with van der Waals surface area (Å²) < 4.78 is 0. The summed E-state index contributed by atoms with van der Waals surface area (Å²) in [5.74, 6) is 7.62. The van der Waals surface area contributed by atoms with Crippen LogP contribution < -0.4 is 16.0 Å². The van der Waals surface area contributed by atoms with Crippen LogP contribution in [-0.2, 0) is 4.79 Å². The number of nitrogens with one attached hydrogen (secondary N) is 3. The molecule has 0 saturated heterocycles. The fourth-order valence-electron chi connectivity index (χ4n) is 5.59. The Morgan fingerprint density at radius 1 is 0.837 bits per heavy atom. The van der Waals surface area contributed by atoms with Crippen molar-refractivity contribution in [3.05, 3.63) is 84.4 Å². The molecule has 2 aliphatic carbocycles. The van der Waals surface area contributed by atoms with Gasteiger partial charge in [0.15, 0.2) is 0 Å². The molecule has 0 unspecified atom stereocenters. The lowest BCUT2D eigenvalue weighted by molar-refractivity contribution is -0.119. The van der Waals surface area contributed by atoms with Crippen molar-refractivity contribution in [1.29, 1.82) is 0 Å². The highest BCUT2D eigenvalue weighted by Crippen LogP contribution is 2.30. The number of hydrogen-bond acceptors (Lipinski definition) is 8. The maximum Gasteiger partial charge on any atom is 0.229 e. The van der Waals surface area contributed by atoms with Crippen LogP contribution in [0.25, 0.3) is 11.3 Å². The quantitative estimate of drug-likeness (QED) is 0.201. The van der Waals surface area contributed by atoms with Gasteiger partial charge in [-0.3, -0.25) is 9.78 Å². The molecule has 0 aliphatic heterocycles. The Morgan fingerprint density at radius 3 is 2.42 bits per heavy atom. The molecule has 3 aromatic heterocycles. The van der Waals surface area contributed by atoms with Crippen molar-refractivity contribution in [3.8, 4) is 23.1 Å². The molecule has 0 radical (unpaired) electrons. The molecule has 218 valence electrons. The topological polar surface area (TPSA) is 125 Å². The molecule has 6 rings (SSSR count). The third-order valence-electron chi connectivity index (χ3n) is 8.00. The van der Waals surface area contributed by atoms with Gasteiger partial charge in [-0.25, -0.2) is 9.97 Å². The molecule has 43 heavy (non-hydrogen) atoms. The summed E-state index contributed by atoms with van der Waals surface area (Å²) >= 11 is 0. The molecule has 2 fully saturated rings. The number of pyridine rings is 2. The fraction of sp³-hybridized carbons (Fsp3) is 0.324. The highest BCUT2D eigenvalue weighted by Gasteiger charge is 2.23. The maximum absolute atomic E-state index is 12.5. The van der Waals surface area contributed by atoms with Gasteiger partial charge >= 0.3 is 0 Å². The number of amides is 1. The van der Waals surface area contributed by atoms with Crippen molar-refractivity contribution >= 4 is 29.0 Å². The van der Waals surface area contributed by atoms with Gasteiger partial charge in [0, 0.05) is 47.5 Å². The van der Waals surface area contributed by atoms with Crippen molar-refractivity contribution in [2.24, 2.45) is 5.92 Å². The van der Waals surface area contributed by atoms with E-state index in [4.69, 9.17) is 4.98 Å². The zero-order chi connectivity index (χ0) is 29.4. The Labute approximate surface area is 251 Å². The van der Waals surface area contributed by atoms with Gasteiger partial charge in [0.25, 0.3) is 0 Å². The lowest BCUT2D eigenvalue weighted by Crippen LogP contribution is -2.29. The minimum absolute atomic E-state index is 0.0813. The molecule has 2 saturated carbocycles. The summed E-state index contributed by atoms with van der Waals surface area (Å²) in [5.41, 5.74) is 4.61. The minimum Gasteiger partial charge on any atom is -0.393 e. The van der Waals surface area contributed by atoms with E-state index in [0.29, 0.717) is 17.5 Å². The fourth-order valence-corrected chi connectivity index (χ4v) is 5.59. The molecule has 1 aromatic carbocycles. The monoisotopic (exact) mass is 573 g/mol. The molecule has 0 atom stereocenters. The number of carbonyl (C=O) groups is 1. The van der Waals surface area contributed by atoms with E-state index in [1.807, 2.05) is 48.5 Å². The molecule has 2 aliphatic rings. The molecule has 4 aromatic rings. The van der Waals surface area contributed by atoms with Crippen LogP contribution in [0.1, 0.15) is 62.6 Å². The molecular weight excluding hydrogens is 538 g/mol. The van der Waals surface area contributed by atoms with Gasteiger partial charge in [-0.05, 0) is 93.0 Å². The third-order valence-corrected chi connectivity index (χ3v) is 8.00. The van der Waals surface area contributed by atoms with Gasteiger partial charge in [0.1, 0.15) is 11.5 Å². The van der Waals surface area contributed by atoms with Crippen molar-refractivity contribution in [2.75, 3.05) is 16.0 Å². The summed E-state index contributed by atoms with van der Waals surface area (Å²) in [4.78, 5) is 30.7. The second-order valence-corrected chi connectivity index (χ2v) is 11.2. The number of aromatic nitrogens is 4. The highest BCUT2D eigenvalue weighted by atomic mass is 16.3. The number of aliphatic hydroxyl groups excluding tert-OH is 1. The molecule has 0 bridgehead atoms. The Bertz CT molecular complexity index is 1600. The minimum atomic E-state index is -0.223. The molecule has 1 amide bonds. The summed E-state index contributed by atoms with van der Waals surface area (Å²) in [6.45, 7) is 0. The van der Waals surface area contributed by atoms with Gasteiger partial charge in [0.05, 0.1) is 17.4 Å². The van der Waals surface area contributed by atoms with Gasteiger partial charge in [-0.2, -0.15) is 4.98 Å². The average Bonchev–Trinajstić information content (AvgIpc) is 3.58. The van der Waals surface area contributed by atoms with Gasteiger partial charge in [-0.15, -0.1) is 0 Å². The van der Waals surface area contributed by atoms with Crippen molar-refractivity contribution in [3.63, 3.8) is 0 Å². The summed E-state index contributed by atoms with van der Waals surface area (Å²) in [5, 5.41) is 19.8. The molecule has 9 heteroatoms. The average molecular weight is 574 g/mol. The second-order valence-electron chi connectivity index (χ2n) is 11.2. The zero-order valence-corrected chi connectivity index (χ0v) is 24.0. The number of carbonyl (C=O) groups excluding carboxylic acids is 1. The van der Waals surface area contributed by atoms with E-state index < -0.39 is 0 Å². The number of nitrogens with zero attached hydrogens (tertiary/aromatic N) is 4. The van der Waals surface area contributed by atoms with Crippen molar-refractivity contribution in [2.45, 2.75) is 63.5 Å². The van der Waals surface area contributed by atoms with Crippen LogP contribution in [0.5, 0.6) is 0 Å². The summed E-state index contributed by atoms with van der Waals surface area (Å²) in [6.07, 6.45) is 12.5. The largest absolute Gasteiger partial charge is 0.393 e. The number of rotatable bonds is 7. The van der Waals surface area contributed by atoms with Crippen LogP contribution >= 0.6 is 0 Å². The Balaban J connectivity index is 1.13. The zero-order valence-electron chi connectivity index (χ0n) is 24.0. The van der Waals surface area contributed by atoms with E-state index in [2.05, 4.69) is 42.7 Å². The van der Waals surface area contributed by atoms with Crippen LogP contribution in [0.3, 0.4) is 0 Å². The molecule has 9 nitrogen and oxygen atoms in total. The maximum atomic E-state index is 12.5. The van der Waals surface area contributed by atoms with Crippen LogP contribution in [0, 0.1) is 17.8 Å². The van der Waals surface area contributed by atoms with E-state index in [0.717, 1.165) is 79.6 Å². The third kappa shape index (κ3) is 7.53. The first-order chi connectivity index (χ1) is 21.1. The number of anilines is 4. The van der Waals surface area contributed by atoms with E-state index in [9.17, 15) is 9.90 Å². The summed E-state index contributed by atoms with van der Waals surface area (Å²) in [6, 6.07) is 17.3. The first kappa shape index (κ1) is 28.3. The van der Waals surface area contributed by atoms with E-state index >= 15 is 0 Å². The van der Waals surface area contributed by atoms with Crippen LogP contribution in [0.2, 0.25) is 0 Å². The van der Waals surface area contributed by atoms with Gasteiger partial charge in [-0.1, -0.05) is 24.8 Å². The van der Waals surface area contributed by atoms with E-state index in [1.54, 1.807) is 24.7 Å². The predicted molar refractivity (Wildman–Crippen MR) is 168 cm³/mol. The molecule has 4 N–H and O–H groups in total. The molecule has 3 heterocycles. The first-order valence-electron chi connectivity index (χ1n) is 15.0. The summed E-state index contributed by atoms with van der Waals surface area (Å²) in [7, 11) is 0. The van der Waals surface area contributed by atoms with Crippen LogP contribution in [-0.4, -0.2) is 43.1 Å². The lowest BCUT2D eigenvalue weighted by Gasteiger charge is -2.27. The van der Waals surface area contributed by atoms with Gasteiger partial charge < -0.3 is 21.1 Å². The normalized spacial score (nSPS) is 18.3. The second kappa shape index (κ2) is 13.4. The number of aliphatic hydroxyl groups is 1. The lowest BCUT2D eigenvalue weighted by atomic mass is 9.93. The van der Waals surface area contributed by atoms with Crippen molar-refractivity contribution in [1.82, 2.24) is 19.9 Å². The Hall–Kier alpha value is -4.81. The standard InChI is InChI=1S/C34H35N7O2/c42-29-16-14-25(15-17-29)38-32-30(31-7-3-4-19-36-31)22-37-34(41-32)40-26-11-8-23(9-12-26)10-13-27-21-28(18-20-35-27)39-33(43)24-5-1-2-6-24/h3-4,7-9,11-12,18-22,24-25,29,42H,1-2,5-6,14-17H2,(H,35,39,43)(H2,37,38,40,41). The van der Waals surface area contributed by atoms with E-state index in [1.165, 1.54) is 0 Å². The van der Waals surface area contributed by atoms with Gasteiger partial charge in [0.2, 0.25) is 11.9 Å². The molecule has 0 spiro atoms. The predicted octanol–water partition coefficient (Wildman–Crippen LogP) is 5.92. The number of hydrogen-bond donors (Lipinski definition) is 4.